The zero-order valence-corrected chi connectivity index (χ0v) is 17.7. The monoisotopic (exact) mass is 449 g/mol. The number of amides is 1. The maximum absolute atomic E-state index is 13.3. The van der Waals surface area contributed by atoms with Gasteiger partial charge in [-0.15, -0.1) is 0 Å². The zero-order valence-electron chi connectivity index (χ0n) is 17.0. The zero-order chi connectivity index (χ0) is 22.7. The smallest absolute Gasteiger partial charge is 0.289 e. The minimum absolute atomic E-state index is 0.198. The van der Waals surface area contributed by atoms with E-state index < -0.39 is 11.6 Å². The van der Waals surface area contributed by atoms with Gasteiger partial charge < -0.3 is 0 Å². The third kappa shape index (κ3) is 4.34. The lowest BCUT2D eigenvalue weighted by Crippen LogP contribution is -2.40. The normalized spacial score (nSPS) is 10.9. The summed E-state index contributed by atoms with van der Waals surface area (Å²) in [5.74, 6) is -0.622. The van der Waals surface area contributed by atoms with E-state index in [4.69, 9.17) is 16.8 Å². The first kappa shape index (κ1) is 21.5. The summed E-state index contributed by atoms with van der Waals surface area (Å²) in [7, 11) is 0. The van der Waals surface area contributed by atoms with E-state index in [-0.39, 0.29) is 24.2 Å². The number of halogens is 1. The molecule has 0 bridgehead atoms. The van der Waals surface area contributed by atoms with E-state index in [0.29, 0.717) is 22.3 Å². The summed E-state index contributed by atoms with van der Waals surface area (Å²) in [5.41, 5.74) is 3.33. The molecule has 1 aromatic heterocycles. The van der Waals surface area contributed by atoms with Gasteiger partial charge in [0.05, 0.1) is 17.4 Å². The second kappa shape index (κ2) is 9.21. The molecular formula is C24H20ClN3O4. The summed E-state index contributed by atoms with van der Waals surface area (Å²) in [4.78, 5) is 38.0. The molecule has 0 aliphatic rings. The van der Waals surface area contributed by atoms with Crippen LogP contribution in [-0.4, -0.2) is 20.2 Å². The van der Waals surface area contributed by atoms with Gasteiger partial charge in [-0.3, -0.25) is 23.9 Å². The summed E-state index contributed by atoms with van der Waals surface area (Å²) in [6, 6.07) is 21.0. The molecule has 4 aromatic rings. The van der Waals surface area contributed by atoms with Gasteiger partial charge in [-0.05, 0) is 47.9 Å². The Kier molecular flexibility index (Phi) is 6.20. The van der Waals surface area contributed by atoms with Gasteiger partial charge in [-0.2, -0.15) is 0 Å². The third-order valence-corrected chi connectivity index (χ3v) is 5.55. The highest BCUT2D eigenvalue weighted by molar-refractivity contribution is 6.31. The van der Waals surface area contributed by atoms with E-state index in [0.717, 1.165) is 11.1 Å². The number of rotatable bonds is 6. The molecule has 162 valence electrons. The molecule has 0 atom stereocenters. The van der Waals surface area contributed by atoms with Gasteiger partial charge in [0.1, 0.15) is 0 Å². The van der Waals surface area contributed by atoms with Crippen LogP contribution in [0.15, 0.2) is 82.4 Å². The number of fused-ring (bicyclic) bond motifs is 1. The van der Waals surface area contributed by atoms with Gasteiger partial charge in [0.15, 0.2) is 0 Å². The highest BCUT2D eigenvalue weighted by Crippen LogP contribution is 2.17. The Bertz CT molecular complexity index is 1390. The molecule has 7 nitrogen and oxygen atoms in total. The average Bonchev–Trinajstić information content (AvgIpc) is 2.82. The molecule has 0 aliphatic carbocycles. The van der Waals surface area contributed by atoms with Gasteiger partial charge in [0.25, 0.3) is 11.5 Å². The maximum Gasteiger partial charge on any atom is 0.331 e. The van der Waals surface area contributed by atoms with E-state index in [1.54, 1.807) is 47.9 Å². The van der Waals surface area contributed by atoms with Crippen LogP contribution in [0, 0.1) is 0 Å². The molecule has 32 heavy (non-hydrogen) atoms. The van der Waals surface area contributed by atoms with Gasteiger partial charge >= 0.3 is 5.69 Å². The number of aromatic nitrogens is 2. The van der Waals surface area contributed by atoms with E-state index in [1.165, 1.54) is 9.13 Å². The van der Waals surface area contributed by atoms with Crippen LogP contribution in [0.2, 0.25) is 5.02 Å². The number of nitrogens with zero attached hydrogens (tertiary/aromatic N) is 2. The van der Waals surface area contributed by atoms with E-state index >= 15 is 0 Å². The standard InChI is InChI=1S/C24H20ClN3O4/c25-19-10-11-21-20(14-19)23(30)27(13-12-16-4-2-1-3-5-16)24(31)28(21)15-17-6-8-18(9-7-17)22(29)26-32/h1-11,14,32H,12-13,15H2,(H,26,29). The number of benzene rings is 3. The molecule has 4 rings (SSSR count). The average molecular weight is 450 g/mol. The first-order chi connectivity index (χ1) is 15.5. The van der Waals surface area contributed by atoms with Gasteiger partial charge in [0.2, 0.25) is 0 Å². The fourth-order valence-electron chi connectivity index (χ4n) is 3.64. The van der Waals surface area contributed by atoms with E-state index in [1.807, 2.05) is 30.3 Å². The van der Waals surface area contributed by atoms with Crippen LogP contribution in [0.3, 0.4) is 0 Å². The van der Waals surface area contributed by atoms with Crippen molar-refractivity contribution >= 4 is 28.4 Å². The Morgan fingerprint density at radius 3 is 2.31 bits per heavy atom. The van der Waals surface area contributed by atoms with Crippen molar-refractivity contribution in [3.8, 4) is 0 Å². The van der Waals surface area contributed by atoms with Crippen LogP contribution in [0.5, 0.6) is 0 Å². The maximum atomic E-state index is 13.3. The van der Waals surface area contributed by atoms with Crippen molar-refractivity contribution in [3.63, 3.8) is 0 Å². The molecule has 3 aromatic carbocycles. The minimum Gasteiger partial charge on any atom is -0.289 e. The van der Waals surface area contributed by atoms with Crippen molar-refractivity contribution < 1.29 is 10.0 Å². The molecule has 1 amide bonds. The Hall–Kier alpha value is -3.68. The van der Waals surface area contributed by atoms with Crippen LogP contribution in [-0.2, 0) is 19.5 Å². The fraction of sp³-hybridized carbons (Fsp3) is 0.125. The SMILES string of the molecule is O=C(NO)c1ccc(Cn2c(=O)n(CCc3ccccc3)c(=O)c3cc(Cl)ccc32)cc1. The van der Waals surface area contributed by atoms with E-state index in [9.17, 15) is 14.4 Å². The quantitative estimate of drug-likeness (QED) is 0.349. The predicted molar refractivity (Wildman–Crippen MR) is 122 cm³/mol. The van der Waals surface area contributed by atoms with E-state index in [2.05, 4.69) is 0 Å². The highest BCUT2D eigenvalue weighted by Gasteiger charge is 2.14. The van der Waals surface area contributed by atoms with Gasteiger partial charge in [0, 0.05) is 17.1 Å². The first-order valence-corrected chi connectivity index (χ1v) is 10.4. The second-order valence-electron chi connectivity index (χ2n) is 7.36. The highest BCUT2D eigenvalue weighted by atomic mass is 35.5. The Morgan fingerprint density at radius 1 is 0.906 bits per heavy atom. The van der Waals surface area contributed by atoms with Crippen molar-refractivity contribution in [1.82, 2.24) is 14.6 Å². The minimum atomic E-state index is -0.622. The third-order valence-electron chi connectivity index (χ3n) is 5.31. The Labute approximate surface area is 188 Å². The first-order valence-electron chi connectivity index (χ1n) is 9.98. The van der Waals surface area contributed by atoms with Crippen LogP contribution in [0.25, 0.3) is 10.9 Å². The molecule has 0 radical (unpaired) electrons. The van der Waals surface area contributed by atoms with Crippen molar-refractivity contribution in [2.24, 2.45) is 0 Å². The molecule has 8 heteroatoms. The molecule has 1 heterocycles. The summed E-state index contributed by atoms with van der Waals surface area (Å²) in [5, 5.41) is 9.54. The van der Waals surface area contributed by atoms with Crippen LogP contribution in [0.4, 0.5) is 0 Å². The summed E-state index contributed by atoms with van der Waals surface area (Å²) < 4.78 is 2.76. The molecule has 2 N–H and O–H groups in total. The lowest BCUT2D eigenvalue weighted by Gasteiger charge is -2.15. The number of aryl methyl sites for hydroxylation is 1. The second-order valence-corrected chi connectivity index (χ2v) is 7.80. The summed E-state index contributed by atoms with van der Waals surface area (Å²) in [6.45, 7) is 0.434. The number of nitrogens with one attached hydrogen (secondary N) is 1. The van der Waals surface area contributed by atoms with Crippen LogP contribution < -0.4 is 16.7 Å². The molecule has 0 aliphatic heterocycles. The Balaban J connectivity index is 1.77. The molecular weight excluding hydrogens is 430 g/mol. The Morgan fingerprint density at radius 2 is 1.62 bits per heavy atom. The van der Waals surface area contributed by atoms with Crippen LogP contribution in [0.1, 0.15) is 21.5 Å². The lowest BCUT2D eigenvalue weighted by atomic mass is 10.1. The molecule has 0 saturated heterocycles. The van der Waals surface area contributed by atoms with Crippen molar-refractivity contribution in [3.05, 3.63) is 115 Å². The topological polar surface area (TPSA) is 93.3 Å². The van der Waals surface area contributed by atoms with Crippen LogP contribution >= 0.6 is 11.6 Å². The largest absolute Gasteiger partial charge is 0.331 e. The number of hydrogen-bond acceptors (Lipinski definition) is 4. The van der Waals surface area contributed by atoms with Gasteiger partial charge in [-0.25, -0.2) is 10.3 Å². The molecule has 0 spiro atoms. The number of carbonyl (C=O) groups is 1. The number of carbonyl (C=O) groups excluding carboxylic acids is 1. The summed E-state index contributed by atoms with van der Waals surface area (Å²) in [6.07, 6.45) is 0.535. The number of hydroxylamine groups is 1. The molecule has 0 unspecified atom stereocenters. The van der Waals surface area contributed by atoms with Crippen molar-refractivity contribution in [2.45, 2.75) is 19.5 Å². The molecule has 0 fully saturated rings. The van der Waals surface area contributed by atoms with Gasteiger partial charge in [-0.1, -0.05) is 54.1 Å². The van der Waals surface area contributed by atoms with Crippen molar-refractivity contribution in [2.75, 3.05) is 0 Å². The lowest BCUT2D eigenvalue weighted by molar-refractivity contribution is 0.0706. The fourth-order valence-corrected chi connectivity index (χ4v) is 3.81. The summed E-state index contributed by atoms with van der Waals surface area (Å²) >= 11 is 6.14. The molecule has 0 saturated carbocycles. The predicted octanol–water partition coefficient (Wildman–Crippen LogP) is 3.23. The number of hydrogen-bond donors (Lipinski definition) is 2. The van der Waals surface area contributed by atoms with Crippen molar-refractivity contribution in [1.29, 1.82) is 0 Å².